The fourth-order valence-electron chi connectivity index (χ4n) is 3.87. The Labute approximate surface area is 189 Å². The summed E-state index contributed by atoms with van der Waals surface area (Å²) in [4.78, 5) is 15.3. The summed E-state index contributed by atoms with van der Waals surface area (Å²) in [6.07, 6.45) is 0. The lowest BCUT2D eigenvalue weighted by Gasteiger charge is -2.31. The average Bonchev–Trinajstić information content (AvgIpc) is 2.79. The molecular formula is C23H29N3O5S. The van der Waals surface area contributed by atoms with E-state index in [-0.39, 0.29) is 16.8 Å². The van der Waals surface area contributed by atoms with Gasteiger partial charge in [0.05, 0.1) is 10.9 Å². The van der Waals surface area contributed by atoms with Gasteiger partial charge in [-0.05, 0) is 56.3 Å². The van der Waals surface area contributed by atoms with Crippen LogP contribution in [0, 0.1) is 6.92 Å². The van der Waals surface area contributed by atoms with E-state index in [9.17, 15) is 13.2 Å². The van der Waals surface area contributed by atoms with Crippen LogP contribution in [-0.4, -0.2) is 70.0 Å². The van der Waals surface area contributed by atoms with Gasteiger partial charge in [-0.15, -0.1) is 0 Å². The van der Waals surface area contributed by atoms with Gasteiger partial charge in [0.15, 0.2) is 11.5 Å². The zero-order valence-electron chi connectivity index (χ0n) is 18.6. The monoisotopic (exact) mass is 459 g/mol. The second kappa shape index (κ2) is 9.09. The average molecular weight is 460 g/mol. The number of carbonyl (C=O) groups is 1. The first-order valence-corrected chi connectivity index (χ1v) is 12.2. The Morgan fingerprint density at radius 2 is 1.69 bits per heavy atom. The van der Waals surface area contributed by atoms with E-state index >= 15 is 0 Å². The molecule has 1 atom stereocenters. The number of likely N-dealkylation sites (N-methyl/N-ethyl adjacent to an activating group) is 1. The van der Waals surface area contributed by atoms with Crippen molar-refractivity contribution < 1.29 is 22.7 Å². The molecule has 2 heterocycles. The van der Waals surface area contributed by atoms with E-state index in [4.69, 9.17) is 9.47 Å². The molecule has 0 aliphatic carbocycles. The summed E-state index contributed by atoms with van der Waals surface area (Å²) in [5.41, 5.74) is 1.94. The Kier molecular flexibility index (Phi) is 6.41. The van der Waals surface area contributed by atoms with Gasteiger partial charge < -0.3 is 19.7 Å². The lowest BCUT2D eigenvalue weighted by Crippen LogP contribution is -2.47. The van der Waals surface area contributed by atoms with Crippen molar-refractivity contribution in [1.82, 2.24) is 14.5 Å². The van der Waals surface area contributed by atoms with Crippen LogP contribution in [0.15, 0.2) is 41.3 Å². The van der Waals surface area contributed by atoms with E-state index in [2.05, 4.69) is 10.2 Å². The SMILES string of the molecule is Cc1ccc(S(=O)(=O)N2CCN(C)CC2)cc1C(=O)NC(C)c1ccc2c(c1)OCCO2. The van der Waals surface area contributed by atoms with Crippen molar-refractivity contribution in [3.8, 4) is 11.5 Å². The van der Waals surface area contributed by atoms with Crippen LogP contribution in [0.2, 0.25) is 0 Å². The highest BCUT2D eigenvalue weighted by Crippen LogP contribution is 2.32. The third-order valence-corrected chi connectivity index (χ3v) is 7.86. The first kappa shape index (κ1) is 22.6. The summed E-state index contributed by atoms with van der Waals surface area (Å²) >= 11 is 0. The second-order valence-electron chi connectivity index (χ2n) is 8.28. The van der Waals surface area contributed by atoms with Crippen LogP contribution in [0.5, 0.6) is 11.5 Å². The fourth-order valence-corrected chi connectivity index (χ4v) is 5.32. The van der Waals surface area contributed by atoms with Gasteiger partial charge >= 0.3 is 0 Å². The lowest BCUT2D eigenvalue weighted by molar-refractivity contribution is 0.0939. The van der Waals surface area contributed by atoms with Crippen molar-refractivity contribution in [3.63, 3.8) is 0 Å². The number of hydrogen-bond donors (Lipinski definition) is 1. The van der Waals surface area contributed by atoms with Gasteiger partial charge in [0.1, 0.15) is 13.2 Å². The Bertz CT molecular complexity index is 1110. The molecule has 32 heavy (non-hydrogen) atoms. The molecule has 0 aromatic heterocycles. The van der Waals surface area contributed by atoms with Crippen molar-refractivity contribution in [2.45, 2.75) is 24.8 Å². The molecule has 2 aliphatic rings. The summed E-state index contributed by atoms with van der Waals surface area (Å²) in [6, 6.07) is 10.0. The third kappa shape index (κ3) is 4.60. The Morgan fingerprint density at radius 3 is 2.41 bits per heavy atom. The van der Waals surface area contributed by atoms with Crippen LogP contribution in [0.25, 0.3) is 0 Å². The molecule has 1 fully saturated rings. The van der Waals surface area contributed by atoms with E-state index in [0.29, 0.717) is 62.0 Å². The van der Waals surface area contributed by atoms with Gasteiger partial charge in [-0.25, -0.2) is 8.42 Å². The molecule has 9 heteroatoms. The normalized spacial score (nSPS) is 18.2. The van der Waals surface area contributed by atoms with Crippen LogP contribution in [-0.2, 0) is 10.0 Å². The fraction of sp³-hybridized carbons (Fsp3) is 0.435. The predicted molar refractivity (Wildman–Crippen MR) is 121 cm³/mol. The van der Waals surface area contributed by atoms with E-state index in [0.717, 1.165) is 5.56 Å². The van der Waals surface area contributed by atoms with Crippen LogP contribution in [0.3, 0.4) is 0 Å². The van der Waals surface area contributed by atoms with Gasteiger partial charge in [0.25, 0.3) is 5.91 Å². The molecular weight excluding hydrogens is 430 g/mol. The molecule has 172 valence electrons. The van der Waals surface area contributed by atoms with Gasteiger partial charge in [-0.2, -0.15) is 4.31 Å². The van der Waals surface area contributed by atoms with Crippen molar-refractivity contribution in [2.75, 3.05) is 46.4 Å². The number of rotatable bonds is 5. The minimum absolute atomic E-state index is 0.143. The molecule has 0 saturated carbocycles. The van der Waals surface area contributed by atoms with Crippen molar-refractivity contribution in [1.29, 1.82) is 0 Å². The summed E-state index contributed by atoms with van der Waals surface area (Å²) in [5.74, 6) is 1.03. The molecule has 2 aliphatic heterocycles. The number of benzene rings is 2. The molecule has 0 spiro atoms. The van der Waals surface area contributed by atoms with Crippen molar-refractivity contribution in [3.05, 3.63) is 53.1 Å². The number of aryl methyl sites for hydroxylation is 1. The first-order valence-electron chi connectivity index (χ1n) is 10.8. The summed E-state index contributed by atoms with van der Waals surface area (Å²) in [5, 5.41) is 2.97. The minimum Gasteiger partial charge on any atom is -0.486 e. The summed E-state index contributed by atoms with van der Waals surface area (Å²) in [7, 11) is -1.68. The number of nitrogens with zero attached hydrogens (tertiary/aromatic N) is 2. The molecule has 1 N–H and O–H groups in total. The molecule has 4 rings (SSSR count). The van der Waals surface area contributed by atoms with Gasteiger partial charge in [0, 0.05) is 31.7 Å². The van der Waals surface area contributed by atoms with Gasteiger partial charge in [0.2, 0.25) is 10.0 Å². The summed E-state index contributed by atoms with van der Waals surface area (Å²) < 4.78 is 38.9. The van der Waals surface area contributed by atoms with Crippen LogP contribution in [0.4, 0.5) is 0 Å². The third-order valence-electron chi connectivity index (χ3n) is 5.97. The van der Waals surface area contributed by atoms with Gasteiger partial charge in [-0.1, -0.05) is 12.1 Å². The number of amides is 1. The standard InChI is InChI=1S/C23H29N3O5S/c1-16-4-6-19(32(28,29)26-10-8-25(3)9-11-26)15-20(16)23(27)24-17(2)18-5-7-21-22(14-18)31-13-12-30-21/h4-7,14-15,17H,8-13H2,1-3H3,(H,24,27). The van der Waals surface area contributed by atoms with E-state index < -0.39 is 10.0 Å². The molecule has 1 saturated heterocycles. The maximum absolute atomic E-state index is 13.1. The highest BCUT2D eigenvalue weighted by atomic mass is 32.2. The highest BCUT2D eigenvalue weighted by molar-refractivity contribution is 7.89. The van der Waals surface area contributed by atoms with Crippen LogP contribution < -0.4 is 14.8 Å². The number of nitrogens with one attached hydrogen (secondary N) is 1. The maximum atomic E-state index is 13.1. The number of sulfonamides is 1. The number of ether oxygens (including phenoxy) is 2. The smallest absolute Gasteiger partial charge is 0.252 e. The van der Waals surface area contributed by atoms with E-state index in [1.165, 1.54) is 10.4 Å². The maximum Gasteiger partial charge on any atom is 0.252 e. The highest BCUT2D eigenvalue weighted by Gasteiger charge is 2.28. The van der Waals surface area contributed by atoms with E-state index in [1.807, 2.05) is 32.2 Å². The van der Waals surface area contributed by atoms with E-state index in [1.54, 1.807) is 19.1 Å². The van der Waals surface area contributed by atoms with Crippen molar-refractivity contribution in [2.24, 2.45) is 0 Å². The minimum atomic E-state index is -3.65. The molecule has 2 aromatic rings. The number of hydrogen-bond acceptors (Lipinski definition) is 6. The van der Waals surface area contributed by atoms with Crippen LogP contribution in [0.1, 0.15) is 34.5 Å². The Balaban J connectivity index is 1.52. The number of carbonyl (C=O) groups excluding carboxylic acids is 1. The van der Waals surface area contributed by atoms with Crippen LogP contribution >= 0.6 is 0 Å². The second-order valence-corrected chi connectivity index (χ2v) is 10.2. The largest absolute Gasteiger partial charge is 0.486 e. The molecule has 0 radical (unpaired) electrons. The van der Waals surface area contributed by atoms with Gasteiger partial charge in [-0.3, -0.25) is 4.79 Å². The zero-order chi connectivity index (χ0) is 22.9. The number of piperazine rings is 1. The molecule has 2 aromatic carbocycles. The lowest BCUT2D eigenvalue weighted by atomic mass is 10.0. The Hall–Kier alpha value is -2.62. The quantitative estimate of drug-likeness (QED) is 0.738. The topological polar surface area (TPSA) is 88.2 Å². The first-order chi connectivity index (χ1) is 15.3. The molecule has 8 nitrogen and oxygen atoms in total. The zero-order valence-corrected chi connectivity index (χ0v) is 19.4. The molecule has 1 amide bonds. The van der Waals surface area contributed by atoms with Crippen molar-refractivity contribution >= 4 is 15.9 Å². The summed E-state index contributed by atoms with van der Waals surface area (Å²) in [6.45, 7) is 6.94. The Morgan fingerprint density at radius 1 is 1.00 bits per heavy atom. The molecule has 1 unspecified atom stereocenters. The molecule has 0 bridgehead atoms. The number of fused-ring (bicyclic) bond motifs is 1. The predicted octanol–water partition coefficient (Wildman–Crippen LogP) is 2.19.